The molecule has 1 saturated carbocycles. The van der Waals surface area contributed by atoms with Crippen molar-refractivity contribution in [3.63, 3.8) is 0 Å². The molecule has 120 valence electrons. The maximum absolute atomic E-state index is 12.6. The van der Waals surface area contributed by atoms with E-state index in [4.69, 9.17) is 5.14 Å². The van der Waals surface area contributed by atoms with Gasteiger partial charge in [-0.05, 0) is 43.2 Å². The zero-order chi connectivity index (χ0) is 15.9. The van der Waals surface area contributed by atoms with E-state index in [2.05, 4.69) is 19.1 Å². The number of hydrogen-bond donors (Lipinski definition) is 1. The second kappa shape index (κ2) is 5.66. The lowest BCUT2D eigenvalue weighted by Crippen LogP contribution is -2.47. The van der Waals surface area contributed by atoms with Gasteiger partial charge < -0.3 is 4.90 Å². The Hall–Kier alpha value is -1.40. The first kappa shape index (κ1) is 15.5. The number of piperidine rings is 1. The minimum Gasteiger partial charge on any atom is -0.341 e. The highest BCUT2D eigenvalue weighted by Crippen LogP contribution is 2.49. The molecule has 0 spiro atoms. The molecule has 6 heteroatoms. The molecule has 1 aromatic carbocycles. The fourth-order valence-corrected chi connectivity index (χ4v) is 4.34. The van der Waals surface area contributed by atoms with E-state index in [1.165, 1.54) is 11.1 Å². The van der Waals surface area contributed by atoms with E-state index in [-0.39, 0.29) is 24.3 Å². The summed E-state index contributed by atoms with van der Waals surface area (Å²) >= 11 is 0. The van der Waals surface area contributed by atoms with Crippen molar-refractivity contribution in [2.24, 2.45) is 11.1 Å². The van der Waals surface area contributed by atoms with Gasteiger partial charge in [-0.25, -0.2) is 13.6 Å². The number of hydrogen-bond acceptors (Lipinski definition) is 3. The Morgan fingerprint density at radius 3 is 2.73 bits per heavy atom. The lowest BCUT2D eigenvalue weighted by atomic mass is 10.0. The van der Waals surface area contributed by atoms with Gasteiger partial charge in [0.05, 0.1) is 5.25 Å². The van der Waals surface area contributed by atoms with Crippen molar-refractivity contribution in [1.82, 2.24) is 4.90 Å². The summed E-state index contributed by atoms with van der Waals surface area (Å²) in [5.74, 6) is 0.366. The lowest BCUT2D eigenvalue weighted by molar-refractivity contribution is -0.133. The number of carbonyl (C=O) groups is 1. The molecule has 5 nitrogen and oxygen atoms in total. The van der Waals surface area contributed by atoms with Gasteiger partial charge >= 0.3 is 0 Å². The van der Waals surface area contributed by atoms with E-state index >= 15 is 0 Å². The second-order valence-corrected chi connectivity index (χ2v) is 8.29. The Kier molecular flexibility index (Phi) is 3.99. The summed E-state index contributed by atoms with van der Waals surface area (Å²) in [6.07, 6.45) is 2.11. The number of benzene rings is 1. The molecule has 3 atom stereocenters. The van der Waals surface area contributed by atoms with Gasteiger partial charge in [-0.15, -0.1) is 0 Å². The monoisotopic (exact) mass is 322 g/mol. The highest BCUT2D eigenvalue weighted by atomic mass is 32.2. The molecule has 0 unspecified atom stereocenters. The van der Waals surface area contributed by atoms with E-state index in [1.807, 2.05) is 12.1 Å². The Bertz CT molecular complexity index is 686. The standard InChI is InChI=1S/C16H22N2O3S/c1-11-5-2-3-7-13(11)14-9-15(14)16(19)18-8-4-6-12(10-18)22(17,20)21/h2-3,5,7,12,14-15H,4,6,8-10H2,1H3,(H2,17,20,21)/t12-,14-,15+/m0/s1. The van der Waals surface area contributed by atoms with Crippen molar-refractivity contribution in [3.8, 4) is 0 Å². The number of primary sulfonamides is 1. The Balaban J connectivity index is 1.67. The van der Waals surface area contributed by atoms with E-state index < -0.39 is 15.3 Å². The van der Waals surface area contributed by atoms with Crippen molar-refractivity contribution in [1.29, 1.82) is 0 Å². The molecule has 22 heavy (non-hydrogen) atoms. The summed E-state index contributed by atoms with van der Waals surface area (Å²) in [5.41, 5.74) is 2.45. The molecule has 2 fully saturated rings. The molecule has 1 aliphatic carbocycles. The first-order chi connectivity index (χ1) is 10.4. The number of carbonyl (C=O) groups excluding carboxylic acids is 1. The van der Waals surface area contributed by atoms with Crippen molar-refractivity contribution in [3.05, 3.63) is 35.4 Å². The fourth-order valence-electron chi connectivity index (χ4n) is 3.46. The van der Waals surface area contributed by atoms with Gasteiger partial charge in [-0.3, -0.25) is 4.79 Å². The molecule has 1 amide bonds. The van der Waals surface area contributed by atoms with Crippen molar-refractivity contribution < 1.29 is 13.2 Å². The third-order valence-electron chi connectivity index (χ3n) is 4.85. The van der Waals surface area contributed by atoms with Crippen molar-refractivity contribution >= 4 is 15.9 Å². The summed E-state index contributed by atoms with van der Waals surface area (Å²) in [4.78, 5) is 14.3. The number of sulfonamides is 1. The molecular weight excluding hydrogens is 300 g/mol. The molecule has 1 heterocycles. The minimum atomic E-state index is -3.56. The van der Waals surface area contributed by atoms with Crippen LogP contribution in [0.4, 0.5) is 0 Å². The highest BCUT2D eigenvalue weighted by Gasteiger charge is 2.47. The van der Waals surface area contributed by atoms with Crippen LogP contribution in [0.3, 0.4) is 0 Å². The highest BCUT2D eigenvalue weighted by molar-refractivity contribution is 7.89. The molecule has 1 saturated heterocycles. The fraction of sp³-hybridized carbons (Fsp3) is 0.562. The van der Waals surface area contributed by atoms with Crippen LogP contribution in [0.15, 0.2) is 24.3 Å². The summed E-state index contributed by atoms with van der Waals surface area (Å²) in [7, 11) is -3.56. The van der Waals surface area contributed by atoms with Gasteiger partial charge in [0.1, 0.15) is 0 Å². The van der Waals surface area contributed by atoms with Gasteiger partial charge in [0.25, 0.3) is 0 Å². The number of rotatable bonds is 3. The summed E-state index contributed by atoms with van der Waals surface area (Å²) in [5, 5.41) is 4.63. The third kappa shape index (κ3) is 3.03. The zero-order valence-electron chi connectivity index (χ0n) is 12.7. The molecule has 2 N–H and O–H groups in total. The average molecular weight is 322 g/mol. The normalized spacial score (nSPS) is 28.5. The van der Waals surface area contributed by atoms with Crippen LogP contribution in [0.1, 0.15) is 36.3 Å². The average Bonchev–Trinajstić information content (AvgIpc) is 3.26. The number of nitrogens with zero attached hydrogens (tertiary/aromatic N) is 1. The van der Waals surface area contributed by atoms with Crippen LogP contribution in [0, 0.1) is 12.8 Å². The number of likely N-dealkylation sites (tertiary alicyclic amines) is 1. The molecule has 0 aromatic heterocycles. The quantitative estimate of drug-likeness (QED) is 0.913. The van der Waals surface area contributed by atoms with E-state index in [0.717, 1.165) is 6.42 Å². The predicted octanol–water partition coefficient (Wildman–Crippen LogP) is 1.38. The molecule has 0 radical (unpaired) electrons. The van der Waals surface area contributed by atoms with Crippen LogP contribution >= 0.6 is 0 Å². The maximum Gasteiger partial charge on any atom is 0.226 e. The smallest absolute Gasteiger partial charge is 0.226 e. The molecule has 3 rings (SSSR count). The Labute approximate surface area is 131 Å². The van der Waals surface area contributed by atoms with E-state index in [1.54, 1.807) is 4.90 Å². The largest absolute Gasteiger partial charge is 0.341 e. The number of nitrogens with two attached hydrogens (primary N) is 1. The zero-order valence-corrected chi connectivity index (χ0v) is 13.6. The van der Waals surface area contributed by atoms with Gasteiger partial charge in [-0.2, -0.15) is 0 Å². The third-order valence-corrected chi connectivity index (χ3v) is 6.16. The number of amides is 1. The first-order valence-electron chi connectivity index (χ1n) is 7.74. The van der Waals surface area contributed by atoms with Crippen LogP contribution in [0.5, 0.6) is 0 Å². The molecule has 1 aliphatic heterocycles. The Morgan fingerprint density at radius 2 is 2.05 bits per heavy atom. The Morgan fingerprint density at radius 1 is 1.32 bits per heavy atom. The molecule has 1 aromatic rings. The molecule has 0 bridgehead atoms. The van der Waals surface area contributed by atoms with Crippen LogP contribution < -0.4 is 5.14 Å². The second-order valence-electron chi connectivity index (χ2n) is 6.44. The summed E-state index contributed by atoms with van der Waals surface area (Å²) in [6, 6.07) is 8.14. The van der Waals surface area contributed by atoms with Crippen LogP contribution in [-0.2, 0) is 14.8 Å². The maximum atomic E-state index is 12.6. The molecular formula is C16H22N2O3S. The van der Waals surface area contributed by atoms with E-state index in [0.29, 0.717) is 19.4 Å². The van der Waals surface area contributed by atoms with Gasteiger partial charge in [0, 0.05) is 19.0 Å². The summed E-state index contributed by atoms with van der Waals surface area (Å²) < 4.78 is 23.0. The minimum absolute atomic E-state index is 0.000304. The SMILES string of the molecule is Cc1ccccc1[C@@H]1C[C@H]1C(=O)N1CCC[C@H](S(N)(=O)=O)C1. The van der Waals surface area contributed by atoms with Crippen LogP contribution in [0.2, 0.25) is 0 Å². The number of aryl methyl sites for hydroxylation is 1. The van der Waals surface area contributed by atoms with Gasteiger partial charge in [0.15, 0.2) is 0 Å². The van der Waals surface area contributed by atoms with E-state index in [9.17, 15) is 13.2 Å². The lowest BCUT2D eigenvalue weighted by Gasteiger charge is -2.31. The van der Waals surface area contributed by atoms with Gasteiger partial charge in [-0.1, -0.05) is 24.3 Å². The van der Waals surface area contributed by atoms with Crippen molar-refractivity contribution in [2.75, 3.05) is 13.1 Å². The topological polar surface area (TPSA) is 80.5 Å². The molecule has 2 aliphatic rings. The van der Waals surface area contributed by atoms with Gasteiger partial charge in [0.2, 0.25) is 15.9 Å². The summed E-state index contributed by atoms with van der Waals surface area (Å²) in [6.45, 7) is 2.95. The van der Waals surface area contributed by atoms with Crippen LogP contribution in [0.25, 0.3) is 0 Å². The van der Waals surface area contributed by atoms with Crippen LogP contribution in [-0.4, -0.2) is 37.6 Å². The van der Waals surface area contributed by atoms with Crippen molar-refractivity contribution in [2.45, 2.75) is 37.4 Å². The predicted molar refractivity (Wildman–Crippen MR) is 84.7 cm³/mol. The first-order valence-corrected chi connectivity index (χ1v) is 9.35.